The van der Waals surface area contributed by atoms with Gasteiger partial charge in [-0.3, -0.25) is 0 Å². The Hall–Kier alpha value is -3.95. The van der Waals surface area contributed by atoms with Crippen LogP contribution < -0.4 is 18.9 Å². The first-order valence-corrected chi connectivity index (χ1v) is 10.6. The molecule has 1 aromatic heterocycles. The van der Waals surface area contributed by atoms with Gasteiger partial charge >= 0.3 is 0 Å². The van der Waals surface area contributed by atoms with Crippen molar-refractivity contribution in [1.82, 2.24) is 4.98 Å². The largest absolute Gasteiger partial charge is 0.493 e. The number of nitriles is 1. The zero-order valence-corrected chi connectivity index (χ0v) is 18.7. The van der Waals surface area contributed by atoms with Crippen LogP contribution in [0.3, 0.4) is 0 Å². The number of benzene rings is 3. The molecule has 0 bridgehead atoms. The van der Waals surface area contributed by atoms with Crippen molar-refractivity contribution in [3.05, 3.63) is 89.1 Å². The van der Waals surface area contributed by atoms with Crippen LogP contribution in [0.4, 0.5) is 0 Å². The number of halogens is 1. The SMILES string of the molecule is COc1cc(Cl)cc(COc2cccc(OCc3ccc4ccccc4n3)c2)c1OCC#N. The van der Waals surface area contributed by atoms with E-state index in [-0.39, 0.29) is 13.2 Å². The number of aromatic nitrogens is 1. The number of methoxy groups -OCH3 is 1. The van der Waals surface area contributed by atoms with E-state index in [2.05, 4.69) is 4.98 Å². The Kier molecular flexibility index (Phi) is 7.13. The first-order chi connectivity index (χ1) is 16.2. The van der Waals surface area contributed by atoms with Crippen molar-refractivity contribution in [3.63, 3.8) is 0 Å². The molecule has 0 aliphatic carbocycles. The van der Waals surface area contributed by atoms with Crippen LogP contribution in [0.15, 0.2) is 72.8 Å². The van der Waals surface area contributed by atoms with Crippen LogP contribution in [0.25, 0.3) is 10.9 Å². The highest BCUT2D eigenvalue weighted by atomic mass is 35.5. The van der Waals surface area contributed by atoms with Crippen molar-refractivity contribution < 1.29 is 18.9 Å². The Labute approximate surface area is 196 Å². The maximum absolute atomic E-state index is 8.87. The van der Waals surface area contributed by atoms with Gasteiger partial charge in [-0.2, -0.15) is 5.26 Å². The van der Waals surface area contributed by atoms with Crippen LogP contribution in [0.5, 0.6) is 23.0 Å². The highest BCUT2D eigenvalue weighted by Crippen LogP contribution is 2.35. The van der Waals surface area contributed by atoms with Crippen LogP contribution in [0.1, 0.15) is 11.3 Å². The predicted molar refractivity (Wildman–Crippen MR) is 126 cm³/mol. The summed E-state index contributed by atoms with van der Waals surface area (Å²) in [5, 5.41) is 10.4. The molecule has 166 valence electrons. The lowest BCUT2D eigenvalue weighted by Gasteiger charge is -2.15. The molecule has 33 heavy (non-hydrogen) atoms. The fourth-order valence-electron chi connectivity index (χ4n) is 3.31. The summed E-state index contributed by atoms with van der Waals surface area (Å²) in [4.78, 5) is 4.63. The Morgan fingerprint density at radius 1 is 0.879 bits per heavy atom. The minimum Gasteiger partial charge on any atom is -0.493 e. The van der Waals surface area contributed by atoms with E-state index in [9.17, 15) is 0 Å². The monoisotopic (exact) mass is 460 g/mol. The fourth-order valence-corrected chi connectivity index (χ4v) is 3.54. The van der Waals surface area contributed by atoms with E-state index in [1.807, 2.05) is 60.7 Å². The summed E-state index contributed by atoms with van der Waals surface area (Å²) in [6.45, 7) is 0.399. The fraction of sp³-hybridized carbons (Fsp3) is 0.154. The van der Waals surface area contributed by atoms with Crippen molar-refractivity contribution in [3.8, 4) is 29.1 Å². The molecule has 7 heteroatoms. The zero-order chi connectivity index (χ0) is 23.0. The van der Waals surface area contributed by atoms with Gasteiger partial charge in [-0.25, -0.2) is 4.98 Å². The highest BCUT2D eigenvalue weighted by Gasteiger charge is 2.14. The first kappa shape index (κ1) is 22.3. The number of hydrogen-bond acceptors (Lipinski definition) is 6. The van der Waals surface area contributed by atoms with Crippen molar-refractivity contribution >= 4 is 22.5 Å². The van der Waals surface area contributed by atoms with E-state index < -0.39 is 0 Å². The number of fused-ring (bicyclic) bond motifs is 1. The molecule has 1 heterocycles. The minimum atomic E-state index is -0.114. The lowest BCUT2D eigenvalue weighted by molar-refractivity contribution is 0.276. The van der Waals surface area contributed by atoms with Crippen molar-refractivity contribution in [2.24, 2.45) is 0 Å². The topological polar surface area (TPSA) is 73.6 Å². The number of para-hydroxylation sites is 1. The second-order valence-corrected chi connectivity index (χ2v) is 7.53. The smallest absolute Gasteiger partial charge is 0.174 e. The predicted octanol–water partition coefficient (Wildman–Crippen LogP) is 5.96. The van der Waals surface area contributed by atoms with E-state index in [4.69, 9.17) is 35.8 Å². The van der Waals surface area contributed by atoms with E-state index in [1.54, 1.807) is 18.2 Å². The molecular formula is C26H21ClN2O4. The quantitative estimate of drug-likeness (QED) is 0.307. The normalized spacial score (nSPS) is 10.5. The summed E-state index contributed by atoms with van der Waals surface area (Å²) in [6.07, 6.45) is 0. The van der Waals surface area contributed by atoms with Crippen LogP contribution in [-0.2, 0) is 13.2 Å². The molecule has 0 fully saturated rings. The molecule has 0 aliphatic heterocycles. The molecule has 0 spiro atoms. The molecule has 0 saturated carbocycles. The van der Waals surface area contributed by atoms with Gasteiger partial charge in [0.05, 0.1) is 18.3 Å². The molecule has 4 rings (SSSR count). The molecule has 0 saturated heterocycles. The average Bonchev–Trinajstić information content (AvgIpc) is 2.85. The van der Waals surface area contributed by atoms with Crippen LogP contribution in [0.2, 0.25) is 5.02 Å². The third-order valence-corrected chi connectivity index (χ3v) is 5.06. The molecule has 4 aromatic rings. The summed E-state index contributed by atoms with van der Waals surface area (Å²) in [6, 6.07) is 24.6. The van der Waals surface area contributed by atoms with Gasteiger partial charge in [-0.15, -0.1) is 0 Å². The molecule has 0 atom stereocenters. The number of rotatable bonds is 9. The van der Waals surface area contributed by atoms with Gasteiger partial charge in [-0.1, -0.05) is 41.9 Å². The third-order valence-electron chi connectivity index (χ3n) is 4.84. The second-order valence-electron chi connectivity index (χ2n) is 7.09. The van der Waals surface area contributed by atoms with E-state index in [1.165, 1.54) is 7.11 Å². The highest BCUT2D eigenvalue weighted by molar-refractivity contribution is 6.30. The summed E-state index contributed by atoms with van der Waals surface area (Å²) >= 11 is 6.20. The van der Waals surface area contributed by atoms with Gasteiger partial charge in [0.15, 0.2) is 18.1 Å². The second kappa shape index (κ2) is 10.6. The summed E-state index contributed by atoms with van der Waals surface area (Å²) in [7, 11) is 1.51. The Bertz CT molecular complexity index is 1300. The first-order valence-electron chi connectivity index (χ1n) is 10.2. The van der Waals surface area contributed by atoms with Crippen molar-refractivity contribution in [1.29, 1.82) is 5.26 Å². The zero-order valence-electron chi connectivity index (χ0n) is 18.0. The maximum atomic E-state index is 8.87. The van der Waals surface area contributed by atoms with E-state index >= 15 is 0 Å². The molecule has 0 N–H and O–H groups in total. The van der Waals surface area contributed by atoms with Gasteiger partial charge in [0, 0.05) is 28.1 Å². The van der Waals surface area contributed by atoms with Gasteiger partial charge in [-0.05, 0) is 30.3 Å². The number of pyridine rings is 1. The van der Waals surface area contributed by atoms with Gasteiger partial charge in [0.2, 0.25) is 0 Å². The molecule has 0 radical (unpaired) electrons. The molecule has 0 aliphatic rings. The standard InChI is InChI=1S/C26H21ClN2O4/c1-30-25-14-20(27)13-19(26(25)31-12-11-28)16-32-22-6-4-7-23(15-22)33-17-21-10-9-18-5-2-3-8-24(18)29-21/h2-10,13-15H,12,16-17H2,1H3. The lowest BCUT2D eigenvalue weighted by Crippen LogP contribution is -2.04. The number of ether oxygens (including phenoxy) is 4. The molecule has 6 nitrogen and oxygen atoms in total. The van der Waals surface area contributed by atoms with Crippen LogP contribution >= 0.6 is 11.6 Å². The third kappa shape index (κ3) is 5.65. The number of hydrogen-bond donors (Lipinski definition) is 0. The van der Waals surface area contributed by atoms with Crippen molar-refractivity contribution in [2.45, 2.75) is 13.2 Å². The van der Waals surface area contributed by atoms with Gasteiger partial charge < -0.3 is 18.9 Å². The Morgan fingerprint density at radius 3 is 2.45 bits per heavy atom. The summed E-state index contributed by atoms with van der Waals surface area (Å²) < 4.78 is 22.7. The van der Waals surface area contributed by atoms with Gasteiger partial charge in [0.1, 0.15) is 30.8 Å². The molecular weight excluding hydrogens is 440 g/mol. The van der Waals surface area contributed by atoms with Crippen LogP contribution in [0, 0.1) is 11.3 Å². The Morgan fingerprint density at radius 2 is 1.67 bits per heavy atom. The van der Waals surface area contributed by atoms with Gasteiger partial charge in [0.25, 0.3) is 0 Å². The summed E-state index contributed by atoms with van der Waals surface area (Å²) in [5.74, 6) is 2.14. The van der Waals surface area contributed by atoms with Crippen molar-refractivity contribution in [2.75, 3.05) is 13.7 Å². The molecule has 0 unspecified atom stereocenters. The number of nitrogens with zero attached hydrogens (tertiary/aromatic N) is 2. The molecule has 0 amide bonds. The maximum Gasteiger partial charge on any atom is 0.174 e. The lowest BCUT2D eigenvalue weighted by atomic mass is 10.2. The van der Waals surface area contributed by atoms with E-state index in [0.717, 1.165) is 16.6 Å². The minimum absolute atomic E-state index is 0.114. The Balaban J connectivity index is 1.44. The molecule has 3 aromatic carbocycles. The van der Waals surface area contributed by atoms with E-state index in [0.29, 0.717) is 40.2 Å². The average molecular weight is 461 g/mol. The van der Waals surface area contributed by atoms with Crippen LogP contribution in [-0.4, -0.2) is 18.7 Å². The summed E-state index contributed by atoms with van der Waals surface area (Å²) in [5.41, 5.74) is 2.44.